The average molecular weight is 368 g/mol. The van der Waals surface area contributed by atoms with Gasteiger partial charge in [-0.25, -0.2) is 14.6 Å². The van der Waals surface area contributed by atoms with E-state index >= 15 is 0 Å². The van der Waals surface area contributed by atoms with Gasteiger partial charge < -0.3 is 20.2 Å². The van der Waals surface area contributed by atoms with Crippen molar-refractivity contribution in [1.29, 1.82) is 0 Å². The molecule has 130 valence electrons. The third kappa shape index (κ3) is 4.07. The van der Waals surface area contributed by atoms with Crippen LogP contribution in [-0.4, -0.2) is 35.4 Å². The Morgan fingerprint density at radius 1 is 1.39 bits per heavy atom. The Kier molecular flexibility index (Phi) is 7.09. The molecule has 0 bridgehead atoms. The highest BCUT2D eigenvalue weighted by atomic mass is 35.5. The predicted octanol–water partition coefficient (Wildman–Crippen LogP) is 1.63. The standard InChI is InChI=1S/C14H19F2N3O2S.ClH/c1-7-4-19(5-8(2)21-7)13-9(6-20)3-10(14(22)18-17)11(15)12(13)16;/h3,7-8,20H,4-6,17H2,1-2H3,(H,18,22);1H. The van der Waals surface area contributed by atoms with Crippen molar-refractivity contribution in [2.24, 2.45) is 5.84 Å². The van der Waals surface area contributed by atoms with Crippen molar-refractivity contribution in [3.63, 3.8) is 0 Å². The Morgan fingerprint density at radius 3 is 2.43 bits per heavy atom. The number of morpholine rings is 1. The first kappa shape index (κ1) is 20.0. The van der Waals surface area contributed by atoms with Gasteiger partial charge in [0.25, 0.3) is 0 Å². The third-order valence-corrected chi connectivity index (χ3v) is 3.88. The van der Waals surface area contributed by atoms with E-state index in [1.165, 1.54) is 6.07 Å². The Bertz CT molecular complexity index is 582. The molecule has 0 radical (unpaired) electrons. The molecule has 0 spiro atoms. The zero-order valence-corrected chi connectivity index (χ0v) is 14.4. The van der Waals surface area contributed by atoms with Crippen LogP contribution in [0, 0.1) is 11.6 Å². The molecule has 1 aliphatic rings. The first-order chi connectivity index (χ1) is 10.4. The molecule has 1 aromatic rings. The lowest BCUT2D eigenvalue weighted by Crippen LogP contribution is -2.46. The Labute approximate surface area is 145 Å². The summed E-state index contributed by atoms with van der Waals surface area (Å²) in [5.74, 6) is 3.04. The van der Waals surface area contributed by atoms with Crippen molar-refractivity contribution < 1.29 is 18.6 Å². The molecule has 1 saturated heterocycles. The van der Waals surface area contributed by atoms with Crippen LogP contribution in [0.5, 0.6) is 0 Å². The second-order valence-electron chi connectivity index (χ2n) is 5.35. The molecule has 2 rings (SSSR count). The van der Waals surface area contributed by atoms with E-state index in [4.69, 9.17) is 22.8 Å². The smallest absolute Gasteiger partial charge is 0.183 e. The lowest BCUT2D eigenvalue weighted by molar-refractivity contribution is -0.00554. The van der Waals surface area contributed by atoms with Gasteiger partial charge in [0.2, 0.25) is 0 Å². The summed E-state index contributed by atoms with van der Waals surface area (Å²) in [6.07, 6.45) is -0.242. The van der Waals surface area contributed by atoms with E-state index in [0.717, 1.165) is 0 Å². The van der Waals surface area contributed by atoms with Crippen LogP contribution in [0.25, 0.3) is 0 Å². The maximum absolute atomic E-state index is 14.5. The number of ether oxygens (including phenoxy) is 1. The number of halogens is 3. The fraction of sp³-hybridized carbons (Fsp3) is 0.500. The Morgan fingerprint density at radius 2 is 1.96 bits per heavy atom. The maximum Gasteiger partial charge on any atom is 0.183 e. The topological polar surface area (TPSA) is 70.8 Å². The molecule has 9 heteroatoms. The van der Waals surface area contributed by atoms with Crippen LogP contribution in [0.3, 0.4) is 0 Å². The van der Waals surface area contributed by atoms with Crippen LogP contribution >= 0.6 is 24.6 Å². The number of thiocarbonyl (C=S) groups is 1. The van der Waals surface area contributed by atoms with Gasteiger partial charge >= 0.3 is 0 Å². The van der Waals surface area contributed by atoms with E-state index in [-0.39, 0.29) is 46.4 Å². The highest BCUT2D eigenvalue weighted by Crippen LogP contribution is 2.31. The summed E-state index contributed by atoms with van der Waals surface area (Å²) < 4.78 is 34.4. The van der Waals surface area contributed by atoms with Crippen molar-refractivity contribution in [1.82, 2.24) is 5.43 Å². The molecular weight excluding hydrogens is 348 g/mol. The van der Waals surface area contributed by atoms with Gasteiger partial charge in [0.05, 0.1) is 24.5 Å². The summed E-state index contributed by atoms with van der Waals surface area (Å²) >= 11 is 4.86. The van der Waals surface area contributed by atoms with E-state index in [1.54, 1.807) is 4.90 Å². The summed E-state index contributed by atoms with van der Waals surface area (Å²) in [5, 5.41) is 9.53. The Balaban J connectivity index is 0.00000264. The van der Waals surface area contributed by atoms with Crippen LogP contribution < -0.4 is 16.2 Å². The van der Waals surface area contributed by atoms with Gasteiger partial charge in [0.1, 0.15) is 4.99 Å². The van der Waals surface area contributed by atoms with E-state index in [0.29, 0.717) is 13.1 Å². The minimum atomic E-state index is -1.08. The quantitative estimate of drug-likeness (QED) is 0.428. The van der Waals surface area contributed by atoms with Gasteiger partial charge in [-0.1, -0.05) is 12.2 Å². The van der Waals surface area contributed by atoms with Crippen LogP contribution in [0.4, 0.5) is 14.5 Å². The molecular formula is C14H20ClF2N3O2S. The molecule has 1 aromatic carbocycles. The van der Waals surface area contributed by atoms with Gasteiger partial charge in [-0.3, -0.25) is 0 Å². The summed E-state index contributed by atoms with van der Waals surface area (Å²) in [5.41, 5.74) is 2.26. The number of nitrogens with one attached hydrogen (secondary N) is 1. The molecule has 4 N–H and O–H groups in total. The number of aliphatic hydroxyl groups is 1. The zero-order valence-electron chi connectivity index (χ0n) is 12.8. The van der Waals surface area contributed by atoms with Gasteiger partial charge in [-0.15, -0.1) is 12.4 Å². The van der Waals surface area contributed by atoms with Crippen LogP contribution in [0.1, 0.15) is 25.0 Å². The highest BCUT2D eigenvalue weighted by molar-refractivity contribution is 7.80. The Hall–Kier alpha value is -1.06. The lowest BCUT2D eigenvalue weighted by atomic mass is 10.0. The SMILES string of the molecule is CC1CN(c2c(CO)cc(C(=S)NN)c(F)c2F)CC(C)O1.Cl. The summed E-state index contributed by atoms with van der Waals surface area (Å²) in [6.45, 7) is 4.10. The van der Waals surface area contributed by atoms with Crippen LogP contribution in [0.2, 0.25) is 0 Å². The number of nitrogens with two attached hydrogens (primary N) is 1. The highest BCUT2D eigenvalue weighted by Gasteiger charge is 2.29. The number of hydrogen-bond donors (Lipinski definition) is 3. The maximum atomic E-state index is 14.5. The molecule has 0 aromatic heterocycles. The second kappa shape index (κ2) is 8.16. The van der Waals surface area contributed by atoms with Crippen molar-refractivity contribution in [3.05, 3.63) is 28.8 Å². The fourth-order valence-corrected chi connectivity index (χ4v) is 2.88. The van der Waals surface area contributed by atoms with Gasteiger partial charge in [0, 0.05) is 24.2 Å². The number of benzene rings is 1. The molecule has 1 heterocycles. The summed E-state index contributed by atoms with van der Waals surface area (Å²) in [6, 6.07) is 1.32. The van der Waals surface area contributed by atoms with Crippen LogP contribution in [-0.2, 0) is 11.3 Å². The largest absolute Gasteiger partial charge is 0.392 e. The first-order valence-corrected chi connectivity index (χ1v) is 7.32. The fourth-order valence-electron chi connectivity index (χ4n) is 2.73. The number of hydrazine groups is 1. The number of hydrogen-bond acceptors (Lipinski definition) is 5. The molecule has 23 heavy (non-hydrogen) atoms. The molecule has 2 unspecified atom stereocenters. The average Bonchev–Trinajstić information content (AvgIpc) is 2.47. The summed E-state index contributed by atoms with van der Waals surface area (Å²) in [4.78, 5) is 1.56. The molecule has 1 fully saturated rings. The zero-order chi connectivity index (χ0) is 16.4. The minimum absolute atomic E-state index is 0. The normalized spacial score (nSPS) is 20.9. The number of rotatable bonds is 3. The number of nitrogens with zero attached hydrogens (tertiary/aromatic N) is 1. The van der Waals surface area contributed by atoms with E-state index in [9.17, 15) is 13.9 Å². The van der Waals surface area contributed by atoms with Gasteiger partial charge in [-0.05, 0) is 19.9 Å². The number of anilines is 1. The monoisotopic (exact) mass is 367 g/mol. The molecule has 5 nitrogen and oxygen atoms in total. The lowest BCUT2D eigenvalue weighted by Gasteiger charge is -2.38. The van der Waals surface area contributed by atoms with E-state index in [2.05, 4.69) is 5.43 Å². The minimum Gasteiger partial charge on any atom is -0.392 e. The van der Waals surface area contributed by atoms with Crippen molar-refractivity contribution in [2.75, 3.05) is 18.0 Å². The molecule has 1 aliphatic heterocycles. The van der Waals surface area contributed by atoms with Crippen molar-refractivity contribution in [2.45, 2.75) is 32.7 Å². The summed E-state index contributed by atoms with van der Waals surface area (Å²) in [7, 11) is 0. The molecule has 2 atom stereocenters. The molecule has 0 saturated carbocycles. The molecule has 0 aliphatic carbocycles. The van der Waals surface area contributed by atoms with E-state index in [1.807, 2.05) is 13.8 Å². The van der Waals surface area contributed by atoms with Crippen molar-refractivity contribution in [3.8, 4) is 0 Å². The van der Waals surface area contributed by atoms with Gasteiger partial charge in [-0.2, -0.15) is 0 Å². The molecule has 0 amide bonds. The second-order valence-corrected chi connectivity index (χ2v) is 5.76. The first-order valence-electron chi connectivity index (χ1n) is 6.92. The van der Waals surface area contributed by atoms with Crippen molar-refractivity contribution >= 4 is 35.3 Å². The number of aliphatic hydroxyl groups excluding tert-OH is 1. The van der Waals surface area contributed by atoms with E-state index < -0.39 is 18.2 Å². The predicted molar refractivity (Wildman–Crippen MR) is 90.8 cm³/mol. The van der Waals surface area contributed by atoms with Crippen LogP contribution in [0.15, 0.2) is 6.07 Å². The third-order valence-electron chi connectivity index (χ3n) is 3.54. The van der Waals surface area contributed by atoms with Gasteiger partial charge in [0.15, 0.2) is 11.6 Å².